The molecule has 0 bridgehead atoms. The van der Waals surface area contributed by atoms with Gasteiger partial charge >= 0.3 is 6.18 Å². The van der Waals surface area contributed by atoms with Crippen LogP contribution in [0.1, 0.15) is 75.0 Å². The predicted molar refractivity (Wildman–Crippen MR) is 205 cm³/mol. The Labute approximate surface area is 318 Å². The Morgan fingerprint density at radius 2 is 1.74 bits per heavy atom. The molecule has 54 heavy (non-hydrogen) atoms. The van der Waals surface area contributed by atoms with Gasteiger partial charge in [0.2, 0.25) is 11.8 Å². The summed E-state index contributed by atoms with van der Waals surface area (Å²) < 4.78 is 56.8. The number of aromatic amines is 1. The van der Waals surface area contributed by atoms with Gasteiger partial charge in [-0.3, -0.25) is 19.6 Å². The second-order valence-corrected chi connectivity index (χ2v) is 14.6. The van der Waals surface area contributed by atoms with Gasteiger partial charge in [-0.1, -0.05) is 89.7 Å². The van der Waals surface area contributed by atoms with Gasteiger partial charge in [0.1, 0.15) is 11.4 Å². The highest BCUT2D eigenvalue weighted by atomic mass is 32.1. The van der Waals surface area contributed by atoms with E-state index in [0.29, 0.717) is 52.4 Å². The van der Waals surface area contributed by atoms with E-state index in [9.17, 15) is 27.2 Å². The molecular weight excluding hydrogens is 719 g/mol. The fraction of sp³-hybridized carbons (Fsp3) is 0.425. The van der Waals surface area contributed by atoms with Crippen LogP contribution in [-0.4, -0.2) is 49.4 Å². The van der Waals surface area contributed by atoms with Gasteiger partial charge in [0, 0.05) is 35.6 Å². The summed E-state index contributed by atoms with van der Waals surface area (Å²) in [6, 6.07) is 8.81. The van der Waals surface area contributed by atoms with Crippen LogP contribution in [0.25, 0.3) is 10.9 Å². The number of carbonyl (C=O) groups is 2. The second-order valence-electron chi connectivity index (χ2n) is 14.2. The summed E-state index contributed by atoms with van der Waals surface area (Å²) in [6.07, 6.45) is 1.77. The van der Waals surface area contributed by atoms with Crippen LogP contribution in [0, 0.1) is 17.7 Å². The van der Waals surface area contributed by atoms with Crippen LogP contribution < -0.4 is 21.3 Å². The molecule has 0 radical (unpaired) electrons. The van der Waals surface area contributed by atoms with E-state index < -0.39 is 47.0 Å². The molecule has 0 saturated heterocycles. The lowest BCUT2D eigenvalue weighted by atomic mass is 9.77. The standard InChI is InChI=1S/C40H47F4N7O2S/c1-6-23(3)34(49-33(52)19-26-11-8-9-14-31(26)41)25(5)51-39(16-15-32-29(20-39)28-12-10-13-30(36(28)48-32)40(42,43)44)38(53)50-35(24(4)7-2)37(54)47-22-27-21-45-17-18-46-27/h8-14,17-18,21,23-24,34-35,48,51H,5-7,15-16,19-20,22H2,1-4H3,(H,47,54)(H,49,52)(H,50,53)/t23?,24?,34-,35-,39+/m0/s1. The Morgan fingerprint density at radius 1 is 1.02 bits per heavy atom. The normalized spacial score (nSPS) is 17.8. The van der Waals surface area contributed by atoms with E-state index in [1.807, 2.05) is 27.7 Å². The van der Waals surface area contributed by atoms with Crippen molar-refractivity contribution in [3.05, 3.63) is 107 Å². The van der Waals surface area contributed by atoms with Gasteiger partial charge in [0.25, 0.3) is 0 Å². The summed E-state index contributed by atoms with van der Waals surface area (Å²) in [4.78, 5) is 40.0. The van der Waals surface area contributed by atoms with E-state index in [0.717, 1.165) is 6.07 Å². The smallest absolute Gasteiger partial charge is 0.373 e. The summed E-state index contributed by atoms with van der Waals surface area (Å²) in [5.74, 6) is -1.58. The third-order valence-electron chi connectivity index (χ3n) is 10.5. The number of rotatable bonds is 15. The van der Waals surface area contributed by atoms with Crippen molar-refractivity contribution in [2.24, 2.45) is 11.8 Å². The van der Waals surface area contributed by atoms with Crippen molar-refractivity contribution in [1.29, 1.82) is 0 Å². The molecule has 0 fully saturated rings. The third kappa shape index (κ3) is 9.08. The summed E-state index contributed by atoms with van der Waals surface area (Å²) in [5, 5.41) is 13.2. The lowest BCUT2D eigenvalue weighted by Gasteiger charge is -2.42. The molecule has 2 aromatic carbocycles. The number of alkyl halides is 3. The monoisotopic (exact) mass is 765 g/mol. The number of hydrogen-bond acceptors (Lipinski definition) is 6. The number of H-pyrrole nitrogens is 1. The minimum atomic E-state index is -4.59. The molecule has 4 aromatic rings. The van der Waals surface area contributed by atoms with Crippen LogP contribution >= 0.6 is 12.2 Å². The van der Waals surface area contributed by atoms with Crippen LogP contribution in [0.15, 0.2) is 73.3 Å². The highest BCUT2D eigenvalue weighted by Gasteiger charge is 2.46. The number of halogens is 4. The van der Waals surface area contributed by atoms with Gasteiger partial charge < -0.3 is 26.3 Å². The Bertz CT molecular complexity index is 1990. The number of fused-ring (bicyclic) bond motifs is 3. The number of nitrogens with one attached hydrogen (secondary N) is 5. The van der Waals surface area contributed by atoms with Crippen molar-refractivity contribution in [1.82, 2.24) is 36.2 Å². The third-order valence-corrected chi connectivity index (χ3v) is 10.9. The molecule has 2 unspecified atom stereocenters. The zero-order valence-corrected chi connectivity index (χ0v) is 31.7. The maximum Gasteiger partial charge on any atom is 0.418 e. The first-order valence-corrected chi connectivity index (χ1v) is 18.6. The summed E-state index contributed by atoms with van der Waals surface area (Å²) >= 11 is 5.83. The van der Waals surface area contributed by atoms with Gasteiger partial charge in [0.15, 0.2) is 0 Å². The molecule has 5 rings (SSSR count). The molecule has 2 amide bonds. The Kier molecular flexibility index (Phi) is 12.8. The Morgan fingerprint density at radius 3 is 2.41 bits per heavy atom. The maximum absolute atomic E-state index is 14.9. The Hall–Kier alpha value is -4.85. The number of aryl methyl sites for hydroxylation is 1. The minimum Gasteiger partial charge on any atom is -0.373 e. The van der Waals surface area contributed by atoms with Gasteiger partial charge in [-0.2, -0.15) is 13.2 Å². The van der Waals surface area contributed by atoms with Crippen molar-refractivity contribution >= 4 is 39.9 Å². The first-order valence-electron chi connectivity index (χ1n) is 18.2. The lowest BCUT2D eigenvalue weighted by Crippen LogP contribution is -2.64. The number of aromatic nitrogens is 3. The number of para-hydroxylation sites is 1. The van der Waals surface area contributed by atoms with Crippen LogP contribution in [0.2, 0.25) is 0 Å². The Balaban J connectivity index is 1.49. The average Bonchev–Trinajstić information content (AvgIpc) is 3.52. The van der Waals surface area contributed by atoms with Gasteiger partial charge in [-0.25, -0.2) is 4.39 Å². The quantitative estimate of drug-likeness (QED) is 0.0662. The largest absolute Gasteiger partial charge is 0.418 e. The van der Waals surface area contributed by atoms with Gasteiger partial charge in [0.05, 0.1) is 53.0 Å². The van der Waals surface area contributed by atoms with E-state index in [1.165, 1.54) is 12.1 Å². The molecule has 1 aliphatic rings. The lowest BCUT2D eigenvalue weighted by molar-refractivity contribution is -0.136. The first kappa shape index (κ1) is 40.3. The van der Waals surface area contributed by atoms with Gasteiger partial charge in [-0.15, -0.1) is 0 Å². The van der Waals surface area contributed by atoms with E-state index >= 15 is 0 Å². The number of amides is 2. The zero-order valence-electron chi connectivity index (χ0n) is 30.9. The highest BCUT2D eigenvalue weighted by Crippen LogP contribution is 2.40. The van der Waals surface area contributed by atoms with E-state index in [4.69, 9.17) is 12.2 Å². The zero-order chi connectivity index (χ0) is 39.2. The maximum atomic E-state index is 14.9. The predicted octanol–water partition coefficient (Wildman–Crippen LogP) is 6.87. The molecule has 2 heterocycles. The summed E-state index contributed by atoms with van der Waals surface area (Å²) in [5.41, 5.74) is 0.241. The fourth-order valence-electron chi connectivity index (χ4n) is 6.99. The van der Waals surface area contributed by atoms with Crippen LogP contribution in [0.4, 0.5) is 17.6 Å². The molecule has 288 valence electrons. The molecule has 5 atom stereocenters. The molecule has 0 spiro atoms. The molecule has 0 saturated carbocycles. The SMILES string of the molecule is C=C(N[C@]1(C(=O)N[C@H](C(=S)NCc2cnccn2)C(C)CC)CCc2[nH]c3c(C(F)(F)F)cccc3c2C1)[C@@H](NC(=O)Cc1ccccc1F)C(C)CC. The summed E-state index contributed by atoms with van der Waals surface area (Å²) in [7, 11) is 0. The van der Waals surface area contributed by atoms with E-state index in [-0.39, 0.29) is 48.6 Å². The van der Waals surface area contributed by atoms with Crippen LogP contribution in [0.3, 0.4) is 0 Å². The molecular formula is C40H47F4N7O2S. The summed E-state index contributed by atoms with van der Waals surface area (Å²) in [6.45, 7) is 12.5. The van der Waals surface area contributed by atoms with Crippen molar-refractivity contribution in [2.75, 3.05) is 0 Å². The number of benzene rings is 2. The van der Waals surface area contributed by atoms with Crippen LogP contribution in [-0.2, 0) is 41.6 Å². The number of thiocarbonyl (C=S) groups is 1. The highest BCUT2D eigenvalue weighted by molar-refractivity contribution is 7.80. The molecule has 14 heteroatoms. The molecule has 1 aliphatic carbocycles. The van der Waals surface area contributed by atoms with Crippen molar-refractivity contribution in [2.45, 2.75) is 96.6 Å². The van der Waals surface area contributed by atoms with Crippen molar-refractivity contribution in [3.63, 3.8) is 0 Å². The van der Waals surface area contributed by atoms with E-state index in [1.54, 1.807) is 42.9 Å². The van der Waals surface area contributed by atoms with E-state index in [2.05, 4.69) is 42.8 Å². The molecule has 5 N–H and O–H groups in total. The molecule has 2 aromatic heterocycles. The topological polar surface area (TPSA) is 124 Å². The first-order chi connectivity index (χ1) is 25.7. The van der Waals surface area contributed by atoms with Crippen molar-refractivity contribution < 1.29 is 27.2 Å². The average molecular weight is 766 g/mol. The molecule has 9 nitrogen and oxygen atoms in total. The minimum absolute atomic E-state index is 0.0257. The number of carbonyl (C=O) groups excluding carboxylic acids is 2. The second kappa shape index (κ2) is 17.1. The number of hydrogen-bond donors (Lipinski definition) is 5. The number of nitrogens with zero attached hydrogens (tertiary/aromatic N) is 2. The molecule has 0 aliphatic heterocycles. The van der Waals surface area contributed by atoms with Crippen molar-refractivity contribution in [3.8, 4) is 0 Å². The fourth-order valence-corrected chi connectivity index (χ4v) is 7.35. The van der Waals surface area contributed by atoms with Gasteiger partial charge in [-0.05, 0) is 47.9 Å². The van der Waals surface area contributed by atoms with Crippen LogP contribution in [0.5, 0.6) is 0 Å².